The lowest BCUT2D eigenvalue weighted by Gasteiger charge is -2.03. The Kier molecular flexibility index (Phi) is 2.98. The molecule has 1 heterocycles. The van der Waals surface area contributed by atoms with E-state index in [1.165, 1.54) is 6.07 Å². The summed E-state index contributed by atoms with van der Waals surface area (Å²) in [5, 5.41) is 9.24. The fourth-order valence-electron chi connectivity index (χ4n) is 1.81. The lowest BCUT2D eigenvalue weighted by Crippen LogP contribution is -2.24. The van der Waals surface area contributed by atoms with Crippen molar-refractivity contribution in [1.29, 1.82) is 0 Å². The fourth-order valence-corrected chi connectivity index (χ4v) is 1.81. The zero-order valence-electron chi connectivity index (χ0n) is 10.2. The smallest absolute Gasteiger partial charge is 0.291 e. The third kappa shape index (κ3) is 2.62. The van der Waals surface area contributed by atoms with Crippen LogP contribution in [0.25, 0.3) is 0 Å². The largest absolute Gasteiger partial charge is 0.345 e. The maximum Gasteiger partial charge on any atom is 0.291 e. The van der Waals surface area contributed by atoms with E-state index in [1.54, 1.807) is 18.2 Å². The van der Waals surface area contributed by atoms with Crippen LogP contribution in [0.5, 0.6) is 0 Å². The van der Waals surface area contributed by atoms with Crippen molar-refractivity contribution in [2.45, 2.75) is 25.3 Å². The van der Waals surface area contributed by atoms with Crippen LogP contribution in [0.15, 0.2) is 24.3 Å². The first-order valence-electron chi connectivity index (χ1n) is 6.18. The topological polar surface area (TPSA) is 70.7 Å². The van der Waals surface area contributed by atoms with Crippen LogP contribution in [0, 0.1) is 5.82 Å². The van der Waals surface area contributed by atoms with Crippen molar-refractivity contribution in [2.75, 3.05) is 0 Å². The summed E-state index contributed by atoms with van der Waals surface area (Å²) < 4.78 is 13.4. The molecule has 1 aliphatic carbocycles. The van der Waals surface area contributed by atoms with Crippen molar-refractivity contribution in [2.24, 2.45) is 0 Å². The first kappa shape index (κ1) is 11.8. The summed E-state index contributed by atoms with van der Waals surface area (Å²) in [4.78, 5) is 15.9. The molecule has 1 aromatic heterocycles. The van der Waals surface area contributed by atoms with Gasteiger partial charge in [-0.05, 0) is 18.9 Å². The minimum absolute atomic E-state index is 0.109. The van der Waals surface area contributed by atoms with Crippen LogP contribution in [0.1, 0.15) is 40.8 Å². The van der Waals surface area contributed by atoms with Crippen LogP contribution in [-0.4, -0.2) is 21.1 Å². The number of carbonyl (C=O) groups excluding carboxylic acids is 1. The van der Waals surface area contributed by atoms with Gasteiger partial charge in [0.25, 0.3) is 5.91 Å². The van der Waals surface area contributed by atoms with Gasteiger partial charge in [-0.25, -0.2) is 9.37 Å². The Morgan fingerprint density at radius 1 is 1.42 bits per heavy atom. The molecule has 1 amide bonds. The van der Waals surface area contributed by atoms with Crippen LogP contribution in [0.3, 0.4) is 0 Å². The average molecular weight is 260 g/mol. The zero-order valence-corrected chi connectivity index (χ0v) is 10.2. The number of aromatic amines is 1. The van der Waals surface area contributed by atoms with E-state index in [2.05, 4.69) is 20.5 Å². The maximum absolute atomic E-state index is 13.4. The van der Waals surface area contributed by atoms with E-state index in [0.29, 0.717) is 11.5 Å². The molecule has 1 saturated carbocycles. The van der Waals surface area contributed by atoms with Crippen molar-refractivity contribution >= 4 is 5.91 Å². The van der Waals surface area contributed by atoms with Gasteiger partial charge in [0, 0.05) is 18.0 Å². The Morgan fingerprint density at radius 3 is 2.95 bits per heavy atom. The first-order valence-corrected chi connectivity index (χ1v) is 6.18. The molecule has 1 aliphatic rings. The van der Waals surface area contributed by atoms with Gasteiger partial charge in [0.2, 0.25) is 5.82 Å². The average Bonchev–Trinajstić information content (AvgIpc) is 3.15. The van der Waals surface area contributed by atoms with Crippen LogP contribution in [-0.2, 0) is 6.54 Å². The highest BCUT2D eigenvalue weighted by Gasteiger charge is 2.28. The molecule has 5 nitrogen and oxygen atoms in total. The summed E-state index contributed by atoms with van der Waals surface area (Å²) >= 11 is 0. The second-order valence-corrected chi connectivity index (χ2v) is 4.59. The lowest BCUT2D eigenvalue weighted by molar-refractivity contribution is 0.0940. The summed E-state index contributed by atoms with van der Waals surface area (Å²) in [6.45, 7) is 0.124. The summed E-state index contributed by atoms with van der Waals surface area (Å²) in [5.74, 6) is 0.553. The van der Waals surface area contributed by atoms with Gasteiger partial charge in [-0.3, -0.25) is 9.89 Å². The van der Waals surface area contributed by atoms with Gasteiger partial charge >= 0.3 is 0 Å². The fraction of sp³-hybridized carbons (Fsp3) is 0.308. The molecule has 2 aromatic rings. The van der Waals surface area contributed by atoms with E-state index in [0.717, 1.165) is 18.7 Å². The molecule has 0 spiro atoms. The highest BCUT2D eigenvalue weighted by Crippen LogP contribution is 2.37. The molecule has 2 N–H and O–H groups in total. The van der Waals surface area contributed by atoms with Gasteiger partial charge in [0.1, 0.15) is 11.6 Å². The van der Waals surface area contributed by atoms with Gasteiger partial charge < -0.3 is 5.32 Å². The molecule has 1 aromatic carbocycles. The van der Waals surface area contributed by atoms with E-state index in [-0.39, 0.29) is 18.2 Å². The quantitative estimate of drug-likeness (QED) is 0.879. The molecule has 0 atom stereocenters. The molecule has 6 heteroatoms. The summed E-state index contributed by atoms with van der Waals surface area (Å²) in [5.41, 5.74) is 0.439. The lowest BCUT2D eigenvalue weighted by atomic mass is 10.2. The molecule has 0 bridgehead atoms. The van der Waals surface area contributed by atoms with Gasteiger partial charge in [0.15, 0.2) is 0 Å². The van der Waals surface area contributed by atoms with Crippen LogP contribution in [0.4, 0.5) is 4.39 Å². The molecule has 0 radical (unpaired) electrons. The number of hydrogen-bond donors (Lipinski definition) is 2. The normalized spacial score (nSPS) is 14.4. The number of halogens is 1. The number of benzene rings is 1. The predicted molar refractivity (Wildman–Crippen MR) is 65.9 cm³/mol. The molecule has 19 heavy (non-hydrogen) atoms. The summed E-state index contributed by atoms with van der Waals surface area (Å²) in [7, 11) is 0. The Morgan fingerprint density at radius 2 is 2.21 bits per heavy atom. The van der Waals surface area contributed by atoms with Gasteiger partial charge in [-0.2, -0.15) is 0 Å². The molecule has 0 saturated heterocycles. The number of aromatic nitrogens is 3. The Labute approximate surface area is 109 Å². The monoisotopic (exact) mass is 260 g/mol. The van der Waals surface area contributed by atoms with Crippen molar-refractivity contribution in [3.63, 3.8) is 0 Å². The van der Waals surface area contributed by atoms with E-state index in [1.807, 2.05) is 0 Å². The Hall–Kier alpha value is -2.24. The molecule has 98 valence electrons. The van der Waals surface area contributed by atoms with Gasteiger partial charge in [-0.15, -0.1) is 5.10 Å². The highest BCUT2D eigenvalue weighted by atomic mass is 19.1. The van der Waals surface area contributed by atoms with Crippen LogP contribution in [0.2, 0.25) is 0 Å². The molecular formula is C13H13FN4O. The number of carbonyl (C=O) groups is 1. The Bertz CT molecular complexity index is 606. The third-order valence-electron chi connectivity index (χ3n) is 3.07. The summed E-state index contributed by atoms with van der Waals surface area (Å²) in [6, 6.07) is 6.32. The number of rotatable bonds is 4. The van der Waals surface area contributed by atoms with Crippen molar-refractivity contribution in [1.82, 2.24) is 20.5 Å². The highest BCUT2D eigenvalue weighted by molar-refractivity contribution is 5.90. The second-order valence-electron chi connectivity index (χ2n) is 4.59. The number of H-pyrrole nitrogens is 1. The number of nitrogens with zero attached hydrogens (tertiary/aromatic N) is 2. The SMILES string of the molecule is O=C(NCc1ccccc1F)c1n[nH]c(C2CC2)n1. The van der Waals surface area contributed by atoms with E-state index in [4.69, 9.17) is 0 Å². The van der Waals surface area contributed by atoms with Crippen molar-refractivity contribution in [3.8, 4) is 0 Å². The minimum atomic E-state index is -0.397. The van der Waals surface area contributed by atoms with Crippen molar-refractivity contribution < 1.29 is 9.18 Å². The molecule has 3 rings (SSSR count). The van der Waals surface area contributed by atoms with Crippen molar-refractivity contribution in [3.05, 3.63) is 47.3 Å². The van der Waals surface area contributed by atoms with E-state index >= 15 is 0 Å². The predicted octanol–water partition coefficient (Wildman–Crippen LogP) is 1.75. The Balaban J connectivity index is 1.63. The number of hydrogen-bond acceptors (Lipinski definition) is 3. The molecule has 0 unspecified atom stereocenters. The van der Waals surface area contributed by atoms with E-state index in [9.17, 15) is 9.18 Å². The molecular weight excluding hydrogens is 247 g/mol. The standard InChI is InChI=1S/C13H13FN4O/c14-10-4-2-1-3-9(10)7-15-13(19)12-16-11(17-18-12)8-5-6-8/h1-4,8H,5-7H2,(H,15,19)(H,16,17,18). The minimum Gasteiger partial charge on any atom is -0.345 e. The van der Waals surface area contributed by atoms with Crippen LogP contribution < -0.4 is 5.32 Å². The van der Waals surface area contributed by atoms with E-state index < -0.39 is 5.91 Å². The third-order valence-corrected chi connectivity index (χ3v) is 3.07. The number of amides is 1. The maximum atomic E-state index is 13.4. The molecule has 0 aliphatic heterocycles. The first-order chi connectivity index (χ1) is 9.24. The van der Waals surface area contributed by atoms with Gasteiger partial charge in [-0.1, -0.05) is 18.2 Å². The molecule has 1 fully saturated rings. The summed E-state index contributed by atoms with van der Waals surface area (Å²) in [6.07, 6.45) is 2.18. The number of nitrogens with one attached hydrogen (secondary N) is 2. The van der Waals surface area contributed by atoms with Crippen LogP contribution >= 0.6 is 0 Å². The van der Waals surface area contributed by atoms with Gasteiger partial charge in [0.05, 0.1) is 0 Å². The second kappa shape index (κ2) is 4.79. The zero-order chi connectivity index (χ0) is 13.2.